The Labute approximate surface area is 146 Å². The molecule has 1 amide bonds. The van der Waals surface area contributed by atoms with Gasteiger partial charge in [-0.15, -0.1) is 0 Å². The van der Waals surface area contributed by atoms with Crippen LogP contribution in [-0.2, 0) is 16.1 Å². The SMILES string of the molecule is Cc1nc(C)n(C[C@@H]2CN([C@H](C)C(=O)Nc3cc(C)on3)CCO2)n1. The van der Waals surface area contributed by atoms with Crippen molar-refractivity contribution >= 4 is 11.7 Å². The van der Waals surface area contributed by atoms with Crippen molar-refractivity contribution in [3.63, 3.8) is 0 Å². The van der Waals surface area contributed by atoms with Crippen LogP contribution in [0.4, 0.5) is 5.82 Å². The molecule has 9 nitrogen and oxygen atoms in total. The number of nitrogens with one attached hydrogen (secondary N) is 1. The lowest BCUT2D eigenvalue weighted by Gasteiger charge is -2.36. The topological polar surface area (TPSA) is 98.3 Å². The fourth-order valence-electron chi connectivity index (χ4n) is 2.95. The molecule has 0 unspecified atom stereocenters. The van der Waals surface area contributed by atoms with E-state index in [1.54, 1.807) is 13.0 Å². The van der Waals surface area contributed by atoms with Gasteiger partial charge in [0.15, 0.2) is 5.82 Å². The Kier molecular flexibility index (Phi) is 5.14. The number of ether oxygens (including phenoxy) is 1. The van der Waals surface area contributed by atoms with E-state index in [-0.39, 0.29) is 18.1 Å². The molecule has 25 heavy (non-hydrogen) atoms. The van der Waals surface area contributed by atoms with Crippen LogP contribution in [-0.4, -0.2) is 62.6 Å². The van der Waals surface area contributed by atoms with Gasteiger partial charge < -0.3 is 14.6 Å². The van der Waals surface area contributed by atoms with Gasteiger partial charge in [-0.25, -0.2) is 9.67 Å². The summed E-state index contributed by atoms with van der Waals surface area (Å²) in [5.41, 5.74) is 0. The predicted molar refractivity (Wildman–Crippen MR) is 90.1 cm³/mol. The number of aromatic nitrogens is 4. The zero-order chi connectivity index (χ0) is 18.0. The quantitative estimate of drug-likeness (QED) is 0.858. The number of carbonyl (C=O) groups excluding carboxylic acids is 1. The van der Waals surface area contributed by atoms with Crippen molar-refractivity contribution < 1.29 is 14.1 Å². The summed E-state index contributed by atoms with van der Waals surface area (Å²) in [5, 5.41) is 11.0. The van der Waals surface area contributed by atoms with Crippen LogP contribution >= 0.6 is 0 Å². The number of anilines is 1. The summed E-state index contributed by atoms with van der Waals surface area (Å²) in [6.07, 6.45) is -0.0295. The van der Waals surface area contributed by atoms with Crippen molar-refractivity contribution in [2.75, 3.05) is 25.0 Å². The molecule has 9 heteroatoms. The maximum atomic E-state index is 12.4. The monoisotopic (exact) mass is 348 g/mol. The number of hydrogen-bond acceptors (Lipinski definition) is 7. The van der Waals surface area contributed by atoms with Crippen LogP contribution < -0.4 is 5.32 Å². The number of nitrogens with zero attached hydrogens (tertiary/aromatic N) is 5. The molecule has 1 N–H and O–H groups in total. The molecule has 0 aliphatic carbocycles. The van der Waals surface area contributed by atoms with Gasteiger partial charge in [0.25, 0.3) is 0 Å². The second kappa shape index (κ2) is 7.32. The summed E-state index contributed by atoms with van der Waals surface area (Å²) < 4.78 is 12.7. The minimum atomic E-state index is -0.290. The minimum Gasteiger partial charge on any atom is -0.374 e. The van der Waals surface area contributed by atoms with Crippen molar-refractivity contribution in [2.24, 2.45) is 0 Å². The zero-order valence-corrected chi connectivity index (χ0v) is 15.0. The highest BCUT2D eigenvalue weighted by Gasteiger charge is 2.29. The van der Waals surface area contributed by atoms with E-state index < -0.39 is 0 Å². The summed E-state index contributed by atoms with van der Waals surface area (Å²) in [5.74, 6) is 2.61. The largest absolute Gasteiger partial charge is 0.374 e. The molecule has 1 saturated heterocycles. The van der Waals surface area contributed by atoms with Gasteiger partial charge in [-0.3, -0.25) is 9.69 Å². The van der Waals surface area contributed by atoms with Crippen LogP contribution in [0.2, 0.25) is 0 Å². The number of aryl methyl sites for hydroxylation is 3. The molecule has 1 aliphatic rings. The van der Waals surface area contributed by atoms with Crippen LogP contribution in [0.15, 0.2) is 10.6 Å². The predicted octanol–water partition coefficient (Wildman–Crippen LogP) is 0.919. The summed E-state index contributed by atoms with van der Waals surface area (Å²) in [6, 6.07) is 1.41. The maximum Gasteiger partial charge on any atom is 0.242 e. The Hall–Kier alpha value is -2.26. The summed E-state index contributed by atoms with van der Waals surface area (Å²) in [4.78, 5) is 18.9. The highest BCUT2D eigenvalue weighted by Crippen LogP contribution is 2.14. The first-order chi connectivity index (χ1) is 11.9. The molecule has 3 heterocycles. The molecular weight excluding hydrogens is 324 g/mol. The van der Waals surface area contributed by atoms with Gasteiger partial charge in [-0.05, 0) is 27.7 Å². The van der Waals surface area contributed by atoms with E-state index in [1.165, 1.54) is 0 Å². The third-order valence-corrected chi connectivity index (χ3v) is 4.32. The van der Waals surface area contributed by atoms with E-state index in [0.29, 0.717) is 37.8 Å². The fraction of sp³-hybridized carbons (Fsp3) is 0.625. The second-order valence-electron chi connectivity index (χ2n) is 6.36. The molecule has 2 aromatic rings. The summed E-state index contributed by atoms with van der Waals surface area (Å²) >= 11 is 0. The standard InChI is InChI=1S/C16H24N6O3/c1-10-7-15(20-25-10)18-16(23)11(2)21-5-6-24-14(8-21)9-22-13(4)17-12(3)19-22/h7,11,14H,5-6,8-9H2,1-4H3,(H,18,20,23)/t11-,14+/m1/s1. The van der Waals surface area contributed by atoms with E-state index in [2.05, 4.69) is 25.5 Å². The third-order valence-electron chi connectivity index (χ3n) is 4.32. The number of morpholine rings is 1. The van der Waals surface area contributed by atoms with Gasteiger partial charge in [0.1, 0.15) is 17.4 Å². The first-order valence-corrected chi connectivity index (χ1v) is 8.40. The van der Waals surface area contributed by atoms with Gasteiger partial charge in [-0.1, -0.05) is 5.16 Å². The molecule has 136 valence electrons. The zero-order valence-electron chi connectivity index (χ0n) is 15.0. The molecule has 0 aromatic carbocycles. The van der Waals surface area contributed by atoms with Crippen molar-refractivity contribution in [3.8, 4) is 0 Å². The second-order valence-corrected chi connectivity index (χ2v) is 6.36. The lowest BCUT2D eigenvalue weighted by atomic mass is 10.2. The van der Waals surface area contributed by atoms with Gasteiger partial charge >= 0.3 is 0 Å². The van der Waals surface area contributed by atoms with E-state index in [4.69, 9.17) is 9.26 Å². The normalized spacial score (nSPS) is 19.8. The van der Waals surface area contributed by atoms with Gasteiger partial charge in [0.2, 0.25) is 5.91 Å². The molecule has 0 saturated carbocycles. The number of carbonyl (C=O) groups is 1. The Bertz CT molecular complexity index is 740. The third kappa shape index (κ3) is 4.23. The first kappa shape index (κ1) is 17.6. The van der Waals surface area contributed by atoms with Crippen LogP contribution in [0, 0.1) is 20.8 Å². The van der Waals surface area contributed by atoms with Crippen LogP contribution in [0.5, 0.6) is 0 Å². The highest BCUT2D eigenvalue weighted by atomic mass is 16.5. The summed E-state index contributed by atoms with van der Waals surface area (Å²) in [7, 11) is 0. The van der Waals surface area contributed by atoms with Crippen molar-refractivity contribution in [1.82, 2.24) is 24.8 Å². The van der Waals surface area contributed by atoms with E-state index in [0.717, 1.165) is 11.6 Å². The first-order valence-electron chi connectivity index (χ1n) is 8.40. The molecule has 1 fully saturated rings. The van der Waals surface area contributed by atoms with Crippen LogP contribution in [0.3, 0.4) is 0 Å². The minimum absolute atomic E-state index is 0.0295. The molecule has 0 spiro atoms. The molecule has 2 atom stereocenters. The summed E-state index contributed by atoms with van der Waals surface area (Å²) in [6.45, 7) is 10.0. The smallest absolute Gasteiger partial charge is 0.242 e. The average molecular weight is 348 g/mol. The van der Waals surface area contributed by atoms with Crippen molar-refractivity contribution in [3.05, 3.63) is 23.5 Å². The Morgan fingerprint density at radius 1 is 1.44 bits per heavy atom. The molecule has 3 rings (SSSR count). The Morgan fingerprint density at radius 2 is 2.24 bits per heavy atom. The molecular formula is C16H24N6O3. The molecule has 0 radical (unpaired) electrons. The van der Waals surface area contributed by atoms with E-state index >= 15 is 0 Å². The lowest BCUT2D eigenvalue weighted by Crippen LogP contribution is -2.51. The number of rotatable bonds is 5. The number of amides is 1. The Balaban J connectivity index is 1.58. The van der Waals surface area contributed by atoms with Gasteiger partial charge in [0.05, 0.1) is 25.3 Å². The molecule has 1 aliphatic heterocycles. The fourth-order valence-corrected chi connectivity index (χ4v) is 2.95. The number of hydrogen-bond donors (Lipinski definition) is 1. The maximum absolute atomic E-state index is 12.4. The molecule has 0 bridgehead atoms. The Morgan fingerprint density at radius 3 is 2.88 bits per heavy atom. The van der Waals surface area contributed by atoms with Crippen molar-refractivity contribution in [2.45, 2.75) is 46.4 Å². The average Bonchev–Trinajstić information content (AvgIpc) is 3.11. The van der Waals surface area contributed by atoms with Crippen LogP contribution in [0.25, 0.3) is 0 Å². The highest BCUT2D eigenvalue weighted by molar-refractivity contribution is 5.93. The van der Waals surface area contributed by atoms with Gasteiger partial charge in [-0.2, -0.15) is 5.10 Å². The van der Waals surface area contributed by atoms with Crippen molar-refractivity contribution in [1.29, 1.82) is 0 Å². The molecule has 2 aromatic heterocycles. The van der Waals surface area contributed by atoms with Gasteiger partial charge in [0, 0.05) is 19.2 Å². The lowest BCUT2D eigenvalue weighted by molar-refractivity contribution is -0.124. The van der Waals surface area contributed by atoms with Crippen LogP contribution in [0.1, 0.15) is 24.3 Å². The van der Waals surface area contributed by atoms with E-state index in [1.807, 2.05) is 25.5 Å². The van der Waals surface area contributed by atoms with E-state index in [9.17, 15) is 4.79 Å².